The molecule has 0 bridgehead atoms. The van der Waals surface area contributed by atoms with Crippen LogP contribution in [0.3, 0.4) is 0 Å². The van der Waals surface area contributed by atoms with E-state index >= 15 is 0 Å². The van der Waals surface area contributed by atoms with Crippen LogP contribution in [0.15, 0.2) is 42.7 Å². The van der Waals surface area contributed by atoms with E-state index in [9.17, 15) is 26.4 Å². The number of rotatable bonds is 7. The van der Waals surface area contributed by atoms with Crippen molar-refractivity contribution in [1.29, 1.82) is 0 Å². The Kier molecular flexibility index (Phi) is 6.30. The molecule has 0 saturated carbocycles. The van der Waals surface area contributed by atoms with E-state index in [1.807, 2.05) is 9.62 Å². The summed E-state index contributed by atoms with van der Waals surface area (Å²) in [6.07, 6.45) is 4.21. The summed E-state index contributed by atoms with van der Waals surface area (Å²) in [6.45, 7) is -0.703. The van der Waals surface area contributed by atoms with Crippen molar-refractivity contribution in [3.8, 4) is 0 Å². The number of imidazole rings is 1. The highest BCUT2D eigenvalue weighted by Crippen LogP contribution is 2.37. The van der Waals surface area contributed by atoms with Gasteiger partial charge in [-0.25, -0.2) is 22.9 Å². The third-order valence-corrected chi connectivity index (χ3v) is 7.10. The number of pyridine rings is 1. The van der Waals surface area contributed by atoms with Crippen LogP contribution in [0, 0.1) is 11.6 Å². The van der Waals surface area contributed by atoms with Gasteiger partial charge < -0.3 is 4.90 Å². The van der Waals surface area contributed by atoms with Gasteiger partial charge in [0.1, 0.15) is 29.7 Å². The lowest BCUT2D eigenvalue weighted by atomic mass is 10.0. The average molecular weight is 482 g/mol. The summed E-state index contributed by atoms with van der Waals surface area (Å²) in [6, 6.07) is 6.36. The van der Waals surface area contributed by atoms with Crippen molar-refractivity contribution in [2.45, 2.75) is 18.9 Å². The van der Waals surface area contributed by atoms with Gasteiger partial charge in [-0.1, -0.05) is 0 Å². The highest BCUT2D eigenvalue weighted by atomic mass is 32.2. The standard InChI is InChI=1S/C21H22F3N5O3S/c1-27(10-8-22)33(31,32)26-21(30)19-12-25-20-7-5-15(13-29(19)20)28-9-2-3-18(28)16-11-14(23)4-6-17(16)24/h4-7,11-13,18H,2-3,8-10H2,1H3,(H,26,30). The largest absolute Gasteiger partial charge is 0.363 e. The number of fused-ring (bicyclic) bond motifs is 1. The van der Waals surface area contributed by atoms with Crippen molar-refractivity contribution in [2.75, 3.05) is 31.7 Å². The molecule has 2 aromatic heterocycles. The smallest absolute Gasteiger partial charge is 0.303 e. The highest BCUT2D eigenvalue weighted by Gasteiger charge is 2.30. The maximum Gasteiger partial charge on any atom is 0.303 e. The number of nitrogens with one attached hydrogen (secondary N) is 1. The molecule has 3 heterocycles. The predicted octanol–water partition coefficient (Wildman–Crippen LogP) is 2.83. The topological polar surface area (TPSA) is 87.0 Å². The fourth-order valence-electron chi connectivity index (χ4n) is 3.96. The minimum atomic E-state index is -4.23. The van der Waals surface area contributed by atoms with Gasteiger partial charge in [-0.15, -0.1) is 0 Å². The molecule has 12 heteroatoms. The molecule has 0 radical (unpaired) electrons. The van der Waals surface area contributed by atoms with Crippen LogP contribution >= 0.6 is 0 Å². The molecule has 1 atom stereocenters. The van der Waals surface area contributed by atoms with Gasteiger partial charge in [0.15, 0.2) is 0 Å². The van der Waals surface area contributed by atoms with Gasteiger partial charge in [0, 0.05) is 31.9 Å². The van der Waals surface area contributed by atoms with Crippen molar-refractivity contribution in [3.63, 3.8) is 0 Å². The number of anilines is 1. The summed E-state index contributed by atoms with van der Waals surface area (Å²) in [5, 5.41) is 0. The van der Waals surface area contributed by atoms with E-state index in [4.69, 9.17) is 0 Å². The minimum absolute atomic E-state index is 0.0447. The van der Waals surface area contributed by atoms with E-state index in [2.05, 4.69) is 4.98 Å². The number of nitrogens with zero attached hydrogens (tertiary/aromatic N) is 4. The fraction of sp³-hybridized carbons (Fsp3) is 0.333. The van der Waals surface area contributed by atoms with Crippen molar-refractivity contribution in [3.05, 3.63) is 65.6 Å². The monoisotopic (exact) mass is 481 g/mol. The Balaban J connectivity index is 1.65. The average Bonchev–Trinajstić information content (AvgIpc) is 3.42. The van der Waals surface area contributed by atoms with Gasteiger partial charge in [-0.05, 0) is 43.2 Å². The quantitative estimate of drug-likeness (QED) is 0.561. The summed E-state index contributed by atoms with van der Waals surface area (Å²) in [5.41, 5.74) is 1.24. The number of halogens is 3. The van der Waals surface area contributed by atoms with Gasteiger partial charge in [0.25, 0.3) is 5.91 Å². The molecule has 176 valence electrons. The summed E-state index contributed by atoms with van der Waals surface area (Å²) in [7, 11) is -3.08. The van der Waals surface area contributed by atoms with Gasteiger partial charge in [-0.2, -0.15) is 12.7 Å². The van der Waals surface area contributed by atoms with E-state index in [0.29, 0.717) is 28.6 Å². The Morgan fingerprint density at radius 1 is 1.27 bits per heavy atom. The molecule has 33 heavy (non-hydrogen) atoms. The Bertz CT molecular complexity index is 1300. The first-order valence-corrected chi connectivity index (χ1v) is 11.7. The molecule has 1 N–H and O–H groups in total. The molecule has 0 aliphatic carbocycles. The van der Waals surface area contributed by atoms with Crippen LogP contribution in [0.1, 0.15) is 34.9 Å². The van der Waals surface area contributed by atoms with E-state index in [1.165, 1.54) is 16.7 Å². The molecule has 1 unspecified atom stereocenters. The second-order valence-electron chi connectivity index (χ2n) is 7.72. The maximum absolute atomic E-state index is 14.4. The number of benzene rings is 1. The zero-order valence-corrected chi connectivity index (χ0v) is 18.5. The van der Waals surface area contributed by atoms with E-state index in [1.54, 1.807) is 18.3 Å². The highest BCUT2D eigenvalue weighted by molar-refractivity contribution is 7.87. The number of hydrogen-bond acceptors (Lipinski definition) is 5. The van der Waals surface area contributed by atoms with Crippen LogP contribution < -0.4 is 9.62 Å². The molecule has 1 aliphatic rings. The number of carbonyl (C=O) groups excluding carboxylic acids is 1. The third kappa shape index (κ3) is 4.53. The van der Waals surface area contributed by atoms with E-state index < -0.39 is 47.0 Å². The Hall–Kier alpha value is -3.12. The molecular weight excluding hydrogens is 459 g/mol. The van der Waals surface area contributed by atoms with Crippen LogP contribution in [-0.2, 0) is 10.2 Å². The number of aromatic nitrogens is 2. The molecular formula is C21H22F3N5O3S. The predicted molar refractivity (Wildman–Crippen MR) is 116 cm³/mol. The van der Waals surface area contributed by atoms with E-state index in [-0.39, 0.29) is 11.3 Å². The minimum Gasteiger partial charge on any atom is -0.363 e. The van der Waals surface area contributed by atoms with Gasteiger partial charge in [0.2, 0.25) is 0 Å². The molecule has 1 saturated heterocycles. The molecule has 1 aliphatic heterocycles. The lowest BCUT2D eigenvalue weighted by Gasteiger charge is -2.27. The summed E-state index contributed by atoms with van der Waals surface area (Å²) in [4.78, 5) is 18.7. The lowest BCUT2D eigenvalue weighted by molar-refractivity contribution is 0.0973. The van der Waals surface area contributed by atoms with Crippen molar-refractivity contribution in [2.24, 2.45) is 0 Å². The normalized spacial score (nSPS) is 16.6. The van der Waals surface area contributed by atoms with E-state index in [0.717, 1.165) is 25.6 Å². The van der Waals surface area contributed by atoms with Crippen LogP contribution in [0.5, 0.6) is 0 Å². The Morgan fingerprint density at radius 2 is 2.06 bits per heavy atom. The van der Waals surface area contributed by atoms with Crippen LogP contribution in [0.2, 0.25) is 0 Å². The summed E-state index contributed by atoms with van der Waals surface area (Å²) in [5.74, 6) is -1.96. The zero-order valence-electron chi connectivity index (χ0n) is 17.7. The molecule has 4 rings (SSSR count). The first-order chi connectivity index (χ1) is 15.7. The number of alkyl halides is 1. The summed E-state index contributed by atoms with van der Waals surface area (Å²) < 4.78 is 69.1. The third-order valence-electron chi connectivity index (χ3n) is 5.66. The van der Waals surface area contributed by atoms with Gasteiger partial charge >= 0.3 is 10.2 Å². The fourth-order valence-corrected chi connectivity index (χ4v) is 4.77. The SMILES string of the molecule is CN(CCF)S(=O)(=O)NC(=O)c1cnc2ccc(N3CCCC3c3cc(F)ccc3F)cn12. The first kappa shape index (κ1) is 23.1. The lowest BCUT2D eigenvalue weighted by Crippen LogP contribution is -2.42. The summed E-state index contributed by atoms with van der Waals surface area (Å²) >= 11 is 0. The molecule has 8 nitrogen and oxygen atoms in total. The maximum atomic E-state index is 14.4. The molecule has 1 amide bonds. The number of amides is 1. The van der Waals surface area contributed by atoms with Crippen molar-refractivity contribution >= 4 is 27.5 Å². The van der Waals surface area contributed by atoms with Crippen LogP contribution in [0.4, 0.5) is 18.9 Å². The van der Waals surface area contributed by atoms with Crippen LogP contribution in [-0.4, -0.2) is 54.8 Å². The number of carbonyl (C=O) groups is 1. The second kappa shape index (κ2) is 9.02. The van der Waals surface area contributed by atoms with Crippen LogP contribution in [0.25, 0.3) is 5.65 Å². The first-order valence-electron chi connectivity index (χ1n) is 10.2. The second-order valence-corrected chi connectivity index (χ2v) is 9.50. The molecule has 0 spiro atoms. The zero-order chi connectivity index (χ0) is 23.8. The number of hydrogen-bond donors (Lipinski definition) is 1. The Labute approximate surface area is 188 Å². The molecule has 1 fully saturated rings. The Morgan fingerprint density at radius 3 is 2.82 bits per heavy atom. The molecule has 3 aromatic rings. The van der Waals surface area contributed by atoms with Crippen molar-refractivity contribution < 1.29 is 26.4 Å². The molecule has 1 aromatic carbocycles. The van der Waals surface area contributed by atoms with Gasteiger partial charge in [0.05, 0.1) is 17.9 Å². The van der Waals surface area contributed by atoms with Gasteiger partial charge in [-0.3, -0.25) is 9.20 Å². The van der Waals surface area contributed by atoms with Crippen molar-refractivity contribution in [1.82, 2.24) is 18.4 Å².